The van der Waals surface area contributed by atoms with Gasteiger partial charge >= 0.3 is 5.97 Å². The van der Waals surface area contributed by atoms with Crippen molar-refractivity contribution in [2.75, 3.05) is 6.61 Å². The van der Waals surface area contributed by atoms with Gasteiger partial charge in [-0.1, -0.05) is 22.9 Å². The van der Waals surface area contributed by atoms with Crippen LogP contribution in [0.5, 0.6) is 5.75 Å². The summed E-state index contributed by atoms with van der Waals surface area (Å²) in [7, 11) is 0. The first-order valence-electron chi connectivity index (χ1n) is 5.36. The Hall–Kier alpha value is -1.10. The van der Waals surface area contributed by atoms with Gasteiger partial charge in [-0.15, -0.1) is 0 Å². The molecule has 0 aliphatic heterocycles. The van der Waals surface area contributed by atoms with Crippen LogP contribution in [-0.4, -0.2) is 18.7 Å². The predicted octanol–water partition coefficient (Wildman–Crippen LogP) is 3.31. The van der Waals surface area contributed by atoms with Crippen LogP contribution in [-0.2, 0) is 9.53 Å². The third-order valence-corrected chi connectivity index (χ3v) is 2.49. The van der Waals surface area contributed by atoms with Gasteiger partial charge in [-0.05, 0) is 25.5 Å². The first kappa shape index (κ1) is 14.0. The first-order valence-corrected chi connectivity index (χ1v) is 6.15. The molecule has 94 valence electrons. The molecule has 1 atom stereocenters. The molecule has 3 nitrogen and oxygen atoms in total. The van der Waals surface area contributed by atoms with Crippen LogP contribution in [0.25, 0.3) is 0 Å². The smallest absolute Gasteiger partial charge is 0.347 e. The normalized spacial score (nSPS) is 12.0. The van der Waals surface area contributed by atoms with Crippen LogP contribution in [0, 0.1) is 5.82 Å². The van der Waals surface area contributed by atoms with Gasteiger partial charge < -0.3 is 9.47 Å². The maximum atomic E-state index is 13.1. The minimum Gasteiger partial charge on any atom is -0.479 e. The number of carbonyl (C=O) groups excluding carboxylic acids is 1. The van der Waals surface area contributed by atoms with Crippen molar-refractivity contribution in [1.29, 1.82) is 0 Å². The van der Waals surface area contributed by atoms with E-state index in [-0.39, 0.29) is 0 Å². The second kappa shape index (κ2) is 6.59. The van der Waals surface area contributed by atoms with Gasteiger partial charge in [0.15, 0.2) is 6.10 Å². The Morgan fingerprint density at radius 2 is 2.12 bits per heavy atom. The molecule has 0 aromatic heterocycles. The average Bonchev–Trinajstić information content (AvgIpc) is 2.24. The zero-order valence-electron chi connectivity index (χ0n) is 9.70. The van der Waals surface area contributed by atoms with E-state index in [0.29, 0.717) is 23.2 Å². The summed E-state index contributed by atoms with van der Waals surface area (Å²) >= 11 is 3.16. The lowest BCUT2D eigenvalue weighted by molar-refractivity contribution is -0.151. The highest BCUT2D eigenvalue weighted by Gasteiger charge is 2.19. The number of rotatable bonds is 5. The molecule has 0 radical (unpaired) electrons. The van der Waals surface area contributed by atoms with E-state index in [2.05, 4.69) is 15.9 Å². The van der Waals surface area contributed by atoms with Gasteiger partial charge in [0.1, 0.15) is 11.6 Å². The largest absolute Gasteiger partial charge is 0.479 e. The summed E-state index contributed by atoms with van der Waals surface area (Å²) in [4.78, 5) is 11.5. The molecule has 0 N–H and O–H groups in total. The fourth-order valence-electron chi connectivity index (χ4n) is 1.29. The van der Waals surface area contributed by atoms with Crippen molar-refractivity contribution in [3.63, 3.8) is 0 Å². The van der Waals surface area contributed by atoms with Gasteiger partial charge in [-0.3, -0.25) is 0 Å². The number of hydrogen-bond donors (Lipinski definition) is 0. The third kappa shape index (κ3) is 4.34. The average molecular weight is 305 g/mol. The first-order chi connectivity index (χ1) is 8.06. The number of halogens is 2. The Bertz CT molecular complexity index is 375. The molecule has 0 fully saturated rings. The van der Waals surface area contributed by atoms with E-state index in [1.54, 1.807) is 19.9 Å². The maximum Gasteiger partial charge on any atom is 0.347 e. The number of carbonyl (C=O) groups is 1. The molecule has 0 spiro atoms. The van der Waals surface area contributed by atoms with Gasteiger partial charge in [0.25, 0.3) is 0 Å². The van der Waals surface area contributed by atoms with Crippen LogP contribution >= 0.6 is 15.9 Å². The van der Waals surface area contributed by atoms with Crippen molar-refractivity contribution in [3.05, 3.63) is 28.5 Å². The van der Waals surface area contributed by atoms with Crippen molar-refractivity contribution < 1.29 is 18.7 Å². The molecule has 0 aliphatic carbocycles. The standard InChI is InChI=1S/C12H14BrFO3/c1-3-11(12(15)16-4-2)17-10-6-8(13)5-9(14)7-10/h5-7,11H,3-4H2,1-2H3. The van der Waals surface area contributed by atoms with Crippen LogP contribution in [0.4, 0.5) is 4.39 Å². The summed E-state index contributed by atoms with van der Waals surface area (Å²) in [5.74, 6) is -0.555. The zero-order valence-corrected chi connectivity index (χ0v) is 11.3. The molecule has 1 aromatic rings. The lowest BCUT2D eigenvalue weighted by Crippen LogP contribution is -2.28. The molecule has 0 saturated heterocycles. The quantitative estimate of drug-likeness (QED) is 0.783. The number of hydrogen-bond acceptors (Lipinski definition) is 3. The SMILES string of the molecule is CCOC(=O)C(CC)Oc1cc(F)cc(Br)c1. The predicted molar refractivity (Wildman–Crippen MR) is 65.4 cm³/mol. The Morgan fingerprint density at radius 1 is 1.41 bits per heavy atom. The summed E-state index contributed by atoms with van der Waals surface area (Å²) in [6.45, 7) is 3.82. The van der Waals surface area contributed by atoms with E-state index in [0.717, 1.165) is 0 Å². The maximum absolute atomic E-state index is 13.1. The van der Waals surface area contributed by atoms with Crippen LogP contribution < -0.4 is 4.74 Å². The lowest BCUT2D eigenvalue weighted by atomic mass is 10.2. The molecule has 0 aliphatic rings. The van der Waals surface area contributed by atoms with Crippen molar-refractivity contribution in [2.45, 2.75) is 26.4 Å². The van der Waals surface area contributed by atoms with E-state index in [4.69, 9.17) is 9.47 Å². The molecular formula is C12H14BrFO3. The zero-order chi connectivity index (χ0) is 12.8. The number of benzene rings is 1. The fourth-order valence-corrected chi connectivity index (χ4v) is 1.74. The second-order valence-corrected chi connectivity index (χ2v) is 4.29. The number of esters is 1. The highest BCUT2D eigenvalue weighted by Crippen LogP contribution is 2.22. The summed E-state index contributed by atoms with van der Waals surface area (Å²) in [5.41, 5.74) is 0. The van der Waals surface area contributed by atoms with Crippen molar-refractivity contribution in [2.24, 2.45) is 0 Å². The van der Waals surface area contributed by atoms with Crippen LogP contribution in [0.3, 0.4) is 0 Å². The summed E-state index contributed by atoms with van der Waals surface area (Å²) < 4.78 is 23.9. The Labute approximate surface area is 108 Å². The minimum absolute atomic E-state index is 0.297. The summed E-state index contributed by atoms with van der Waals surface area (Å²) in [6, 6.07) is 4.15. The van der Waals surface area contributed by atoms with Gasteiger partial charge in [-0.25, -0.2) is 9.18 Å². The molecule has 1 unspecified atom stereocenters. The van der Waals surface area contributed by atoms with E-state index >= 15 is 0 Å². The fraction of sp³-hybridized carbons (Fsp3) is 0.417. The second-order valence-electron chi connectivity index (χ2n) is 3.37. The van der Waals surface area contributed by atoms with Gasteiger partial charge in [0.2, 0.25) is 0 Å². The Morgan fingerprint density at radius 3 is 2.65 bits per heavy atom. The van der Waals surface area contributed by atoms with Crippen molar-refractivity contribution >= 4 is 21.9 Å². The molecule has 5 heteroatoms. The molecular weight excluding hydrogens is 291 g/mol. The highest BCUT2D eigenvalue weighted by atomic mass is 79.9. The lowest BCUT2D eigenvalue weighted by Gasteiger charge is -2.16. The van der Waals surface area contributed by atoms with E-state index in [1.807, 2.05) is 0 Å². The third-order valence-electron chi connectivity index (χ3n) is 2.03. The van der Waals surface area contributed by atoms with Gasteiger partial charge in [0, 0.05) is 10.5 Å². The summed E-state index contributed by atoms with van der Waals surface area (Å²) in [5, 5.41) is 0. The molecule has 1 rings (SSSR count). The minimum atomic E-state index is -0.705. The van der Waals surface area contributed by atoms with Crippen molar-refractivity contribution in [3.8, 4) is 5.75 Å². The molecule has 0 saturated carbocycles. The molecule has 0 heterocycles. The molecule has 0 amide bonds. The molecule has 0 bridgehead atoms. The van der Waals surface area contributed by atoms with Crippen LogP contribution in [0.2, 0.25) is 0 Å². The van der Waals surface area contributed by atoms with Gasteiger partial charge in [-0.2, -0.15) is 0 Å². The monoisotopic (exact) mass is 304 g/mol. The van der Waals surface area contributed by atoms with E-state index < -0.39 is 17.9 Å². The summed E-state index contributed by atoms with van der Waals surface area (Å²) in [6.07, 6.45) is -0.240. The molecule has 17 heavy (non-hydrogen) atoms. The van der Waals surface area contributed by atoms with Crippen LogP contribution in [0.15, 0.2) is 22.7 Å². The highest BCUT2D eigenvalue weighted by molar-refractivity contribution is 9.10. The van der Waals surface area contributed by atoms with Crippen molar-refractivity contribution in [1.82, 2.24) is 0 Å². The van der Waals surface area contributed by atoms with Crippen LogP contribution in [0.1, 0.15) is 20.3 Å². The topological polar surface area (TPSA) is 35.5 Å². The Kier molecular flexibility index (Phi) is 5.41. The number of ether oxygens (including phenoxy) is 2. The van der Waals surface area contributed by atoms with E-state index in [1.165, 1.54) is 12.1 Å². The molecule has 1 aromatic carbocycles. The Balaban J connectivity index is 2.76. The van der Waals surface area contributed by atoms with Gasteiger partial charge in [0.05, 0.1) is 6.61 Å². The van der Waals surface area contributed by atoms with E-state index in [9.17, 15) is 9.18 Å².